The van der Waals surface area contributed by atoms with Crippen LogP contribution in [0.2, 0.25) is 5.02 Å². The molecule has 1 aliphatic rings. The van der Waals surface area contributed by atoms with Crippen molar-refractivity contribution >= 4 is 39.4 Å². The number of ether oxygens (including phenoxy) is 1. The van der Waals surface area contributed by atoms with Crippen LogP contribution in [0, 0.1) is 0 Å². The fourth-order valence-electron chi connectivity index (χ4n) is 2.53. The molecule has 1 N–H and O–H groups in total. The van der Waals surface area contributed by atoms with Crippen LogP contribution in [-0.4, -0.2) is 18.0 Å². The lowest BCUT2D eigenvalue weighted by atomic mass is 10.1. The molecule has 2 aromatic rings. The van der Waals surface area contributed by atoms with Gasteiger partial charge in [0.25, 0.3) is 0 Å². The molecular formula is C17H12BrClO3. The topological polar surface area (TPSA) is 46.5 Å². The molecular weight excluding hydrogens is 368 g/mol. The van der Waals surface area contributed by atoms with Gasteiger partial charge in [-0.15, -0.1) is 0 Å². The first kappa shape index (κ1) is 15.1. The predicted octanol–water partition coefficient (Wildman–Crippen LogP) is 4.64. The maximum absolute atomic E-state index is 12.5. The number of methoxy groups -OCH3 is 1. The highest BCUT2D eigenvalue weighted by molar-refractivity contribution is 9.10. The van der Waals surface area contributed by atoms with Gasteiger partial charge in [0.2, 0.25) is 0 Å². The first-order chi connectivity index (χ1) is 10.5. The molecule has 5 heteroatoms. The first-order valence-electron chi connectivity index (χ1n) is 6.60. The largest absolute Gasteiger partial charge is 0.504 e. The van der Waals surface area contributed by atoms with Crippen LogP contribution >= 0.6 is 27.5 Å². The number of fused-ring (bicyclic) bond motifs is 1. The van der Waals surface area contributed by atoms with Crippen molar-refractivity contribution in [3.63, 3.8) is 0 Å². The van der Waals surface area contributed by atoms with Crippen molar-refractivity contribution in [3.8, 4) is 11.5 Å². The number of benzene rings is 2. The average Bonchev–Trinajstić information content (AvgIpc) is 2.80. The Labute approximate surface area is 141 Å². The van der Waals surface area contributed by atoms with Crippen LogP contribution in [0.1, 0.15) is 21.5 Å². The van der Waals surface area contributed by atoms with Crippen LogP contribution in [0.5, 0.6) is 11.5 Å². The molecule has 112 valence electrons. The molecule has 0 saturated heterocycles. The number of hydrogen-bond acceptors (Lipinski definition) is 3. The van der Waals surface area contributed by atoms with E-state index >= 15 is 0 Å². The van der Waals surface area contributed by atoms with Crippen LogP contribution < -0.4 is 4.74 Å². The number of carbonyl (C=O) groups is 1. The van der Waals surface area contributed by atoms with Gasteiger partial charge in [-0.05, 0) is 35.4 Å². The summed E-state index contributed by atoms with van der Waals surface area (Å²) in [4.78, 5) is 12.5. The Balaban J connectivity index is 2.05. The molecule has 0 unspecified atom stereocenters. The molecule has 0 spiro atoms. The zero-order valence-electron chi connectivity index (χ0n) is 11.7. The van der Waals surface area contributed by atoms with E-state index in [0.717, 1.165) is 11.1 Å². The van der Waals surface area contributed by atoms with Crippen LogP contribution in [0.4, 0.5) is 0 Å². The summed E-state index contributed by atoms with van der Waals surface area (Å²) in [5.41, 5.74) is 2.95. The number of aromatic hydroxyl groups is 1. The second-order valence-electron chi connectivity index (χ2n) is 4.99. The van der Waals surface area contributed by atoms with Crippen molar-refractivity contribution in [2.45, 2.75) is 6.42 Å². The van der Waals surface area contributed by atoms with Gasteiger partial charge >= 0.3 is 0 Å². The number of phenols is 1. The Hall–Kier alpha value is -1.78. The maximum Gasteiger partial charge on any atom is 0.189 e. The highest BCUT2D eigenvalue weighted by Gasteiger charge is 2.26. The van der Waals surface area contributed by atoms with Crippen molar-refractivity contribution < 1.29 is 14.6 Å². The lowest BCUT2D eigenvalue weighted by Gasteiger charge is -2.07. The minimum Gasteiger partial charge on any atom is -0.504 e. The summed E-state index contributed by atoms with van der Waals surface area (Å²) in [6, 6.07) is 8.59. The monoisotopic (exact) mass is 378 g/mol. The molecule has 0 bridgehead atoms. The van der Waals surface area contributed by atoms with E-state index in [1.807, 2.05) is 0 Å². The summed E-state index contributed by atoms with van der Waals surface area (Å²) in [6.07, 6.45) is 2.30. The Morgan fingerprint density at radius 2 is 2.14 bits per heavy atom. The lowest BCUT2D eigenvalue weighted by Crippen LogP contribution is -1.95. The van der Waals surface area contributed by atoms with Gasteiger partial charge in [-0.3, -0.25) is 4.79 Å². The van der Waals surface area contributed by atoms with Crippen molar-refractivity contribution in [1.82, 2.24) is 0 Å². The summed E-state index contributed by atoms with van der Waals surface area (Å²) >= 11 is 9.55. The summed E-state index contributed by atoms with van der Waals surface area (Å²) in [7, 11) is 1.48. The van der Waals surface area contributed by atoms with Gasteiger partial charge in [0, 0.05) is 27.1 Å². The highest BCUT2D eigenvalue weighted by Crippen LogP contribution is 2.36. The van der Waals surface area contributed by atoms with Crippen molar-refractivity contribution in [2.75, 3.05) is 7.11 Å². The smallest absolute Gasteiger partial charge is 0.189 e. The Morgan fingerprint density at radius 3 is 2.82 bits per heavy atom. The van der Waals surface area contributed by atoms with Crippen LogP contribution in [-0.2, 0) is 6.42 Å². The second kappa shape index (κ2) is 5.78. The predicted molar refractivity (Wildman–Crippen MR) is 89.8 cm³/mol. The highest BCUT2D eigenvalue weighted by atomic mass is 79.9. The summed E-state index contributed by atoms with van der Waals surface area (Å²) in [5, 5.41) is 10.4. The third kappa shape index (κ3) is 2.53. The molecule has 0 saturated carbocycles. The number of Topliss-reactive ketones (excluding diaryl/α,β-unsaturated/α-hetero) is 1. The van der Waals surface area contributed by atoms with Gasteiger partial charge in [0.1, 0.15) is 0 Å². The van der Waals surface area contributed by atoms with E-state index in [2.05, 4.69) is 15.9 Å². The van der Waals surface area contributed by atoms with Crippen LogP contribution in [0.25, 0.3) is 6.08 Å². The fraction of sp³-hybridized carbons (Fsp3) is 0.118. The van der Waals surface area contributed by atoms with E-state index < -0.39 is 0 Å². The molecule has 0 atom stereocenters. The third-order valence-electron chi connectivity index (χ3n) is 3.65. The minimum absolute atomic E-state index is 0.0172. The average molecular weight is 380 g/mol. The van der Waals surface area contributed by atoms with Crippen LogP contribution in [0.15, 0.2) is 40.4 Å². The van der Waals surface area contributed by atoms with Crippen molar-refractivity contribution in [2.24, 2.45) is 0 Å². The first-order valence-corrected chi connectivity index (χ1v) is 7.77. The van der Waals surface area contributed by atoms with Gasteiger partial charge in [-0.25, -0.2) is 0 Å². The summed E-state index contributed by atoms with van der Waals surface area (Å²) < 4.78 is 5.79. The van der Waals surface area contributed by atoms with E-state index in [-0.39, 0.29) is 11.5 Å². The zero-order chi connectivity index (χ0) is 15.9. The van der Waals surface area contributed by atoms with E-state index in [4.69, 9.17) is 16.3 Å². The van der Waals surface area contributed by atoms with Gasteiger partial charge in [0.15, 0.2) is 17.3 Å². The SMILES string of the molecule is COc1cc(/C=C2/Cc3c(Cl)cccc3C2=O)c(Br)cc1O. The zero-order valence-corrected chi connectivity index (χ0v) is 14.0. The molecule has 1 aliphatic carbocycles. The van der Waals surface area contributed by atoms with Crippen LogP contribution in [0.3, 0.4) is 0 Å². The van der Waals surface area contributed by atoms with E-state index in [1.54, 1.807) is 36.4 Å². The molecule has 0 aromatic heterocycles. The Kier molecular flexibility index (Phi) is 3.98. The van der Waals surface area contributed by atoms with E-state index in [0.29, 0.717) is 32.8 Å². The standard InChI is InChI=1S/C17H12BrClO3/c1-22-16-7-9(13(18)8-15(16)20)5-10-6-12-11(17(10)21)3-2-4-14(12)19/h2-5,7-8,20H,6H2,1H3/b10-5-. The summed E-state index contributed by atoms with van der Waals surface area (Å²) in [6.45, 7) is 0. The van der Waals surface area contributed by atoms with Crippen molar-refractivity contribution in [1.29, 1.82) is 0 Å². The quantitative estimate of drug-likeness (QED) is 0.773. The molecule has 3 rings (SSSR count). The number of phenolic OH excluding ortho intramolecular Hbond substituents is 1. The number of rotatable bonds is 2. The molecule has 3 nitrogen and oxygen atoms in total. The molecule has 22 heavy (non-hydrogen) atoms. The lowest BCUT2D eigenvalue weighted by molar-refractivity contribution is 0.104. The second-order valence-corrected chi connectivity index (χ2v) is 6.25. The number of hydrogen-bond donors (Lipinski definition) is 1. The van der Waals surface area contributed by atoms with E-state index in [1.165, 1.54) is 7.11 Å². The number of halogens is 2. The van der Waals surface area contributed by atoms with Gasteiger partial charge in [0.05, 0.1) is 7.11 Å². The fourth-order valence-corrected chi connectivity index (χ4v) is 3.22. The number of allylic oxidation sites excluding steroid dienone is 1. The number of carbonyl (C=O) groups excluding carboxylic acids is 1. The maximum atomic E-state index is 12.5. The molecule has 0 radical (unpaired) electrons. The van der Waals surface area contributed by atoms with Gasteiger partial charge < -0.3 is 9.84 Å². The number of ketones is 1. The van der Waals surface area contributed by atoms with Gasteiger partial charge in [-0.1, -0.05) is 39.7 Å². The van der Waals surface area contributed by atoms with Gasteiger partial charge in [-0.2, -0.15) is 0 Å². The minimum atomic E-state index is -0.0172. The summed E-state index contributed by atoms with van der Waals surface area (Å²) in [5.74, 6) is 0.382. The molecule has 2 aromatic carbocycles. The van der Waals surface area contributed by atoms with Crippen molar-refractivity contribution in [3.05, 3.63) is 62.1 Å². The Morgan fingerprint density at radius 1 is 1.36 bits per heavy atom. The normalized spacial score (nSPS) is 15.2. The van der Waals surface area contributed by atoms with E-state index in [9.17, 15) is 9.90 Å². The molecule has 0 heterocycles. The molecule has 0 amide bonds. The Bertz CT molecular complexity index is 812. The third-order valence-corrected chi connectivity index (χ3v) is 4.69. The molecule has 0 fully saturated rings. The molecule has 0 aliphatic heterocycles.